The smallest absolute Gasteiger partial charge is 0.223 e. The Labute approximate surface area is 120 Å². The Hall–Kier alpha value is -1.75. The number of hydrogen-bond donors (Lipinski definition) is 2. The molecule has 0 aromatic heterocycles. The molecule has 0 unspecified atom stereocenters. The minimum absolute atomic E-state index is 0.0185. The van der Waals surface area contributed by atoms with Gasteiger partial charge in [-0.15, -0.1) is 0 Å². The van der Waals surface area contributed by atoms with Crippen LogP contribution < -0.4 is 15.8 Å². The second-order valence-corrected chi connectivity index (χ2v) is 4.45. The number of carbonyl (C=O) groups excluding carboxylic acids is 1. The molecular formula is C15H24N2O3. The van der Waals surface area contributed by atoms with E-state index < -0.39 is 0 Å². The lowest BCUT2D eigenvalue weighted by molar-refractivity contribution is -0.121. The fourth-order valence-electron chi connectivity index (χ4n) is 1.60. The number of benzene rings is 1. The molecule has 0 atom stereocenters. The van der Waals surface area contributed by atoms with Gasteiger partial charge >= 0.3 is 0 Å². The van der Waals surface area contributed by atoms with Crippen LogP contribution in [0.1, 0.15) is 26.2 Å². The van der Waals surface area contributed by atoms with E-state index in [9.17, 15) is 4.79 Å². The van der Waals surface area contributed by atoms with E-state index in [1.165, 1.54) is 0 Å². The second-order valence-electron chi connectivity index (χ2n) is 4.45. The van der Waals surface area contributed by atoms with Crippen LogP contribution in [0.2, 0.25) is 0 Å². The zero-order chi connectivity index (χ0) is 14.6. The predicted molar refractivity (Wildman–Crippen MR) is 79.7 cm³/mol. The van der Waals surface area contributed by atoms with Crippen molar-refractivity contribution in [2.45, 2.75) is 26.2 Å². The summed E-state index contributed by atoms with van der Waals surface area (Å²) < 4.78 is 10.8. The number of carbonyl (C=O) groups is 1. The summed E-state index contributed by atoms with van der Waals surface area (Å²) in [4.78, 5) is 11.5. The van der Waals surface area contributed by atoms with Crippen LogP contribution in [0, 0.1) is 0 Å². The van der Waals surface area contributed by atoms with Gasteiger partial charge in [-0.05, 0) is 25.0 Å². The average Bonchev–Trinajstić information content (AvgIpc) is 2.45. The third-order valence-corrected chi connectivity index (χ3v) is 2.64. The quantitative estimate of drug-likeness (QED) is 0.507. The number of nitrogens with two attached hydrogens (primary N) is 1. The lowest BCUT2D eigenvalue weighted by atomic mass is 10.3. The minimum Gasteiger partial charge on any atom is -0.491 e. The van der Waals surface area contributed by atoms with E-state index in [1.54, 1.807) is 12.1 Å². The van der Waals surface area contributed by atoms with Crippen LogP contribution >= 0.6 is 0 Å². The van der Waals surface area contributed by atoms with Gasteiger partial charge in [0.05, 0.1) is 18.7 Å². The van der Waals surface area contributed by atoms with Gasteiger partial charge in [-0.3, -0.25) is 4.79 Å². The average molecular weight is 280 g/mol. The highest BCUT2D eigenvalue weighted by atomic mass is 16.5. The van der Waals surface area contributed by atoms with Gasteiger partial charge in [0, 0.05) is 19.8 Å². The summed E-state index contributed by atoms with van der Waals surface area (Å²) in [5.41, 5.74) is 6.32. The highest BCUT2D eigenvalue weighted by molar-refractivity contribution is 5.75. The molecule has 0 radical (unpaired) electrons. The Bertz CT molecular complexity index is 396. The van der Waals surface area contributed by atoms with Gasteiger partial charge in [-0.25, -0.2) is 0 Å². The van der Waals surface area contributed by atoms with Gasteiger partial charge in [0.1, 0.15) is 5.75 Å². The number of nitrogens with one attached hydrogen (secondary N) is 1. The van der Waals surface area contributed by atoms with Gasteiger partial charge < -0.3 is 20.5 Å². The minimum atomic E-state index is -0.0185. The molecule has 1 aromatic rings. The second kappa shape index (κ2) is 10.1. The molecule has 0 spiro atoms. The van der Waals surface area contributed by atoms with Gasteiger partial charge in [0.15, 0.2) is 0 Å². The van der Waals surface area contributed by atoms with E-state index in [2.05, 4.69) is 12.2 Å². The van der Waals surface area contributed by atoms with E-state index in [0.717, 1.165) is 19.4 Å². The molecule has 1 rings (SSSR count). The molecule has 3 N–H and O–H groups in total. The zero-order valence-corrected chi connectivity index (χ0v) is 12.1. The molecule has 0 bridgehead atoms. The van der Waals surface area contributed by atoms with Crippen LogP contribution in [0.5, 0.6) is 5.75 Å². The summed E-state index contributed by atoms with van der Waals surface area (Å²) in [7, 11) is 0. The molecule has 0 fully saturated rings. The van der Waals surface area contributed by atoms with Crippen LogP contribution in [0.15, 0.2) is 24.3 Å². The lowest BCUT2D eigenvalue weighted by Gasteiger charge is -2.09. The van der Waals surface area contributed by atoms with Crippen molar-refractivity contribution in [2.24, 2.45) is 0 Å². The zero-order valence-electron chi connectivity index (χ0n) is 12.1. The summed E-state index contributed by atoms with van der Waals surface area (Å²) >= 11 is 0. The Kier molecular flexibility index (Phi) is 8.22. The topological polar surface area (TPSA) is 73.6 Å². The van der Waals surface area contributed by atoms with E-state index in [1.807, 2.05) is 12.1 Å². The van der Waals surface area contributed by atoms with Crippen LogP contribution in [-0.4, -0.2) is 32.3 Å². The third-order valence-electron chi connectivity index (χ3n) is 2.64. The standard InChI is InChI=1S/C15H24N2O3/c1-2-10-19-11-5-9-17-15(18)8-12-20-14-7-4-3-6-13(14)16/h3-4,6-7H,2,5,8-12,16H2,1H3,(H,17,18). The maximum Gasteiger partial charge on any atom is 0.223 e. The van der Waals surface area contributed by atoms with Crippen molar-refractivity contribution in [2.75, 3.05) is 32.1 Å². The van der Waals surface area contributed by atoms with Crippen LogP contribution in [0.25, 0.3) is 0 Å². The Morgan fingerprint density at radius 1 is 1.25 bits per heavy atom. The van der Waals surface area contributed by atoms with Crippen molar-refractivity contribution in [3.05, 3.63) is 24.3 Å². The SMILES string of the molecule is CCCOCCCNC(=O)CCOc1ccccc1N. The Morgan fingerprint density at radius 2 is 2.05 bits per heavy atom. The Morgan fingerprint density at radius 3 is 2.80 bits per heavy atom. The van der Waals surface area contributed by atoms with E-state index in [0.29, 0.717) is 37.6 Å². The first-order valence-electron chi connectivity index (χ1n) is 7.05. The molecule has 5 nitrogen and oxygen atoms in total. The monoisotopic (exact) mass is 280 g/mol. The van der Waals surface area contributed by atoms with Crippen molar-refractivity contribution in [1.29, 1.82) is 0 Å². The number of nitrogen functional groups attached to an aromatic ring is 1. The molecule has 1 aromatic carbocycles. The van der Waals surface area contributed by atoms with Crippen molar-refractivity contribution in [3.63, 3.8) is 0 Å². The normalized spacial score (nSPS) is 10.2. The first-order valence-corrected chi connectivity index (χ1v) is 7.05. The maximum atomic E-state index is 11.5. The van der Waals surface area contributed by atoms with Crippen LogP contribution in [0.3, 0.4) is 0 Å². The molecule has 0 saturated heterocycles. The summed E-state index contributed by atoms with van der Waals surface area (Å²) in [5.74, 6) is 0.600. The van der Waals surface area contributed by atoms with Crippen LogP contribution in [0.4, 0.5) is 5.69 Å². The largest absolute Gasteiger partial charge is 0.491 e. The van der Waals surface area contributed by atoms with Crippen molar-refractivity contribution in [1.82, 2.24) is 5.32 Å². The number of rotatable bonds is 10. The molecule has 0 heterocycles. The summed E-state index contributed by atoms with van der Waals surface area (Å²) in [5, 5.41) is 2.83. The van der Waals surface area contributed by atoms with E-state index >= 15 is 0 Å². The van der Waals surface area contributed by atoms with Crippen LogP contribution in [-0.2, 0) is 9.53 Å². The lowest BCUT2D eigenvalue weighted by Crippen LogP contribution is -2.26. The number of hydrogen-bond acceptors (Lipinski definition) is 4. The van der Waals surface area contributed by atoms with Crippen molar-refractivity contribution in [3.8, 4) is 5.75 Å². The molecule has 0 saturated carbocycles. The highest BCUT2D eigenvalue weighted by Gasteiger charge is 2.03. The summed E-state index contributed by atoms with van der Waals surface area (Å²) in [6, 6.07) is 7.25. The first kappa shape index (κ1) is 16.3. The van der Waals surface area contributed by atoms with Crippen molar-refractivity contribution < 1.29 is 14.3 Å². The third kappa shape index (κ3) is 6.99. The molecule has 0 aliphatic heterocycles. The molecule has 1 amide bonds. The molecular weight excluding hydrogens is 256 g/mol. The number of ether oxygens (including phenoxy) is 2. The first-order chi connectivity index (χ1) is 9.74. The summed E-state index contributed by atoms with van der Waals surface area (Å²) in [6.07, 6.45) is 2.18. The number of amides is 1. The molecule has 112 valence electrons. The molecule has 20 heavy (non-hydrogen) atoms. The molecule has 0 aliphatic carbocycles. The molecule has 5 heteroatoms. The maximum absolute atomic E-state index is 11.5. The van der Waals surface area contributed by atoms with Crippen molar-refractivity contribution >= 4 is 11.6 Å². The van der Waals surface area contributed by atoms with Gasteiger partial charge in [0.25, 0.3) is 0 Å². The fourth-order valence-corrected chi connectivity index (χ4v) is 1.60. The Balaban J connectivity index is 2.04. The summed E-state index contributed by atoms with van der Waals surface area (Å²) in [6.45, 7) is 4.50. The fraction of sp³-hybridized carbons (Fsp3) is 0.533. The van der Waals surface area contributed by atoms with Gasteiger partial charge in [0.2, 0.25) is 5.91 Å². The predicted octanol–water partition coefficient (Wildman–Crippen LogP) is 1.97. The molecule has 0 aliphatic rings. The number of para-hydroxylation sites is 2. The van der Waals surface area contributed by atoms with E-state index in [4.69, 9.17) is 15.2 Å². The van der Waals surface area contributed by atoms with E-state index in [-0.39, 0.29) is 5.91 Å². The van der Waals surface area contributed by atoms with Gasteiger partial charge in [-0.2, -0.15) is 0 Å². The number of anilines is 1. The highest BCUT2D eigenvalue weighted by Crippen LogP contribution is 2.19. The van der Waals surface area contributed by atoms with Gasteiger partial charge in [-0.1, -0.05) is 19.1 Å².